The summed E-state index contributed by atoms with van der Waals surface area (Å²) in [5, 5.41) is 8.32. The second-order valence-corrected chi connectivity index (χ2v) is 10.5. The number of nitrogens with zero attached hydrogens (tertiary/aromatic N) is 1. The van der Waals surface area contributed by atoms with Gasteiger partial charge < -0.3 is 10.6 Å². The van der Waals surface area contributed by atoms with Gasteiger partial charge in [0.15, 0.2) is 5.13 Å². The fourth-order valence-corrected chi connectivity index (χ4v) is 4.93. The highest BCUT2D eigenvalue weighted by molar-refractivity contribution is 8.00. The van der Waals surface area contributed by atoms with E-state index in [9.17, 15) is 14.0 Å². The molecule has 0 saturated heterocycles. The average Bonchev–Trinajstić information content (AvgIpc) is 3.30. The second-order valence-electron chi connectivity index (χ2n) is 7.37. The predicted octanol–water partition coefficient (Wildman–Crippen LogP) is 7.63. The third-order valence-corrected chi connectivity index (χ3v) is 7.47. The number of hydrogen-bond acceptors (Lipinski definition) is 5. The maximum Gasteiger partial charge on any atom is 0.258 e. The monoisotopic (exact) mass is 545 g/mol. The molecule has 0 bridgehead atoms. The van der Waals surface area contributed by atoms with Crippen LogP contribution in [0.4, 0.5) is 15.2 Å². The highest BCUT2D eigenvalue weighted by Crippen LogP contribution is 2.31. The third kappa shape index (κ3) is 6.41. The van der Waals surface area contributed by atoms with Crippen molar-refractivity contribution in [1.82, 2.24) is 4.98 Å². The lowest BCUT2D eigenvalue weighted by molar-refractivity contribution is -0.115. The van der Waals surface area contributed by atoms with Gasteiger partial charge in [0.05, 0.1) is 26.6 Å². The van der Waals surface area contributed by atoms with Crippen LogP contribution in [0.1, 0.15) is 17.3 Å². The van der Waals surface area contributed by atoms with Crippen molar-refractivity contribution in [2.75, 3.05) is 10.6 Å². The largest absolute Gasteiger partial charge is 0.322 e. The number of anilines is 2. The van der Waals surface area contributed by atoms with E-state index >= 15 is 0 Å². The highest BCUT2D eigenvalue weighted by Gasteiger charge is 2.17. The summed E-state index contributed by atoms with van der Waals surface area (Å²) < 4.78 is 13.8. The van der Waals surface area contributed by atoms with Crippen LogP contribution in [0, 0.1) is 5.82 Å². The second kappa shape index (κ2) is 11.2. The highest BCUT2D eigenvalue weighted by atomic mass is 35.5. The zero-order chi connectivity index (χ0) is 24.9. The SMILES string of the molecule is CC(Sc1ccc(NC(=O)c2ccccc2F)cc1)C(=O)Nc1nc(-c2ccc(Cl)c(Cl)c2)cs1. The number of carbonyl (C=O) groups excluding carboxylic acids is 2. The Hall–Kier alpha value is -2.91. The molecule has 0 aliphatic rings. The summed E-state index contributed by atoms with van der Waals surface area (Å²) in [5.41, 5.74) is 2.00. The summed E-state index contributed by atoms with van der Waals surface area (Å²) in [4.78, 5) is 30.2. The van der Waals surface area contributed by atoms with Crippen molar-refractivity contribution in [2.24, 2.45) is 0 Å². The molecule has 2 N–H and O–H groups in total. The molecule has 178 valence electrons. The summed E-state index contributed by atoms with van der Waals surface area (Å²) in [5.74, 6) is -1.30. The van der Waals surface area contributed by atoms with Gasteiger partial charge >= 0.3 is 0 Å². The van der Waals surface area contributed by atoms with Crippen molar-refractivity contribution in [3.05, 3.63) is 93.5 Å². The number of rotatable bonds is 7. The molecule has 1 atom stereocenters. The van der Waals surface area contributed by atoms with Gasteiger partial charge in [0.1, 0.15) is 5.82 Å². The average molecular weight is 546 g/mol. The smallest absolute Gasteiger partial charge is 0.258 e. The molecule has 0 aliphatic heterocycles. The quantitative estimate of drug-likeness (QED) is 0.234. The fraction of sp³-hybridized carbons (Fsp3) is 0.0800. The first-order valence-electron chi connectivity index (χ1n) is 10.3. The zero-order valence-electron chi connectivity index (χ0n) is 18.2. The molecule has 2 amide bonds. The van der Waals surface area contributed by atoms with Crippen molar-refractivity contribution in [1.29, 1.82) is 0 Å². The Morgan fingerprint density at radius 1 is 1.00 bits per heavy atom. The normalized spacial score (nSPS) is 11.7. The van der Waals surface area contributed by atoms with Crippen molar-refractivity contribution in [2.45, 2.75) is 17.1 Å². The van der Waals surface area contributed by atoms with E-state index in [4.69, 9.17) is 23.2 Å². The van der Waals surface area contributed by atoms with Gasteiger partial charge in [-0.05, 0) is 55.5 Å². The summed E-state index contributed by atoms with van der Waals surface area (Å²) in [7, 11) is 0. The minimum Gasteiger partial charge on any atom is -0.322 e. The van der Waals surface area contributed by atoms with Crippen LogP contribution in [-0.2, 0) is 4.79 Å². The first-order chi connectivity index (χ1) is 16.8. The maximum absolute atomic E-state index is 13.8. The number of hydrogen-bond donors (Lipinski definition) is 2. The molecule has 1 aromatic heterocycles. The van der Waals surface area contributed by atoms with Gasteiger partial charge in [-0.2, -0.15) is 0 Å². The number of benzene rings is 3. The number of halogens is 3. The zero-order valence-corrected chi connectivity index (χ0v) is 21.4. The lowest BCUT2D eigenvalue weighted by atomic mass is 10.2. The molecule has 1 unspecified atom stereocenters. The van der Waals surface area contributed by atoms with Crippen LogP contribution >= 0.6 is 46.3 Å². The molecule has 4 aromatic rings. The van der Waals surface area contributed by atoms with Crippen LogP contribution < -0.4 is 10.6 Å². The first-order valence-corrected chi connectivity index (χ1v) is 12.9. The number of aromatic nitrogens is 1. The number of thioether (sulfide) groups is 1. The van der Waals surface area contributed by atoms with Gasteiger partial charge in [0.25, 0.3) is 5.91 Å². The number of thiazole rings is 1. The van der Waals surface area contributed by atoms with E-state index in [1.807, 2.05) is 11.4 Å². The van der Waals surface area contributed by atoms with Gasteiger partial charge in [-0.25, -0.2) is 9.37 Å². The minimum absolute atomic E-state index is 0.0271. The van der Waals surface area contributed by atoms with Gasteiger partial charge in [-0.15, -0.1) is 23.1 Å². The molecule has 4 rings (SSSR count). The van der Waals surface area contributed by atoms with Gasteiger partial charge in [0.2, 0.25) is 5.91 Å². The van der Waals surface area contributed by atoms with Crippen molar-refractivity contribution in [3.63, 3.8) is 0 Å². The van der Waals surface area contributed by atoms with Gasteiger partial charge in [0, 0.05) is 21.5 Å². The molecular weight excluding hydrogens is 528 g/mol. The van der Waals surface area contributed by atoms with Crippen molar-refractivity contribution < 1.29 is 14.0 Å². The van der Waals surface area contributed by atoms with Crippen LogP contribution in [0.25, 0.3) is 11.3 Å². The molecule has 0 saturated carbocycles. The van der Waals surface area contributed by atoms with Gasteiger partial charge in [-0.1, -0.05) is 41.4 Å². The lowest BCUT2D eigenvalue weighted by Gasteiger charge is -2.11. The summed E-state index contributed by atoms with van der Waals surface area (Å²) >= 11 is 14.7. The topological polar surface area (TPSA) is 71.1 Å². The van der Waals surface area contributed by atoms with E-state index < -0.39 is 17.0 Å². The standard InChI is InChI=1S/C25H18Cl2FN3O2S2/c1-14(23(32)31-25-30-22(13-34-25)15-6-11-19(26)20(27)12-15)35-17-9-7-16(8-10-17)29-24(33)18-4-2-3-5-21(18)28/h2-14H,1H3,(H,29,33)(H,30,31,32). The predicted molar refractivity (Wildman–Crippen MR) is 142 cm³/mol. The molecule has 0 spiro atoms. The van der Waals surface area contributed by atoms with Crippen LogP contribution in [0.5, 0.6) is 0 Å². The van der Waals surface area contributed by atoms with Gasteiger partial charge in [-0.3, -0.25) is 9.59 Å². The lowest BCUT2D eigenvalue weighted by Crippen LogP contribution is -2.22. The molecule has 5 nitrogen and oxygen atoms in total. The molecule has 0 fully saturated rings. The Balaban J connectivity index is 1.33. The molecule has 10 heteroatoms. The Labute approximate surface area is 219 Å². The molecule has 3 aromatic carbocycles. The Kier molecular flexibility index (Phi) is 8.07. The maximum atomic E-state index is 13.8. The van der Waals surface area contributed by atoms with E-state index in [1.54, 1.807) is 49.4 Å². The first kappa shape index (κ1) is 25.2. The van der Waals surface area contributed by atoms with E-state index in [-0.39, 0.29) is 11.5 Å². The van der Waals surface area contributed by atoms with Crippen LogP contribution in [0.15, 0.2) is 77.0 Å². The number of amides is 2. The van der Waals surface area contributed by atoms with Crippen LogP contribution in [-0.4, -0.2) is 22.0 Å². The van der Waals surface area contributed by atoms with E-state index in [0.717, 1.165) is 10.5 Å². The summed E-state index contributed by atoms with van der Waals surface area (Å²) in [6.07, 6.45) is 0. The van der Waals surface area contributed by atoms with E-state index in [1.165, 1.54) is 41.3 Å². The minimum atomic E-state index is -0.582. The number of carbonyl (C=O) groups is 2. The molecule has 1 heterocycles. The molecule has 35 heavy (non-hydrogen) atoms. The molecule has 0 aliphatic carbocycles. The van der Waals surface area contributed by atoms with E-state index in [2.05, 4.69) is 15.6 Å². The Morgan fingerprint density at radius 2 is 1.74 bits per heavy atom. The third-order valence-electron chi connectivity index (χ3n) is 4.86. The van der Waals surface area contributed by atoms with Crippen molar-refractivity contribution in [3.8, 4) is 11.3 Å². The molecular formula is C25H18Cl2FN3O2S2. The Morgan fingerprint density at radius 3 is 2.46 bits per heavy atom. The van der Waals surface area contributed by atoms with Crippen LogP contribution in [0.3, 0.4) is 0 Å². The molecule has 0 radical (unpaired) electrons. The van der Waals surface area contributed by atoms with Crippen molar-refractivity contribution >= 4 is 68.9 Å². The van der Waals surface area contributed by atoms with E-state index in [0.29, 0.717) is 26.6 Å². The summed E-state index contributed by atoms with van der Waals surface area (Å²) in [6.45, 7) is 1.79. The summed E-state index contributed by atoms with van der Waals surface area (Å²) in [6, 6.07) is 18.0. The number of nitrogens with one attached hydrogen (secondary N) is 2. The van der Waals surface area contributed by atoms with Crippen LogP contribution in [0.2, 0.25) is 10.0 Å². The fourth-order valence-electron chi connectivity index (χ4n) is 3.04. The Bertz CT molecular complexity index is 1380.